The van der Waals surface area contributed by atoms with Crippen molar-refractivity contribution in [3.8, 4) is 0 Å². The van der Waals surface area contributed by atoms with Crippen LogP contribution in [0, 0.1) is 0 Å². The molecule has 2 amide bonds. The molecule has 0 radical (unpaired) electrons. The highest BCUT2D eigenvalue weighted by Crippen LogP contribution is 2.16. The smallest absolute Gasteiger partial charge is 0.220 e. The Morgan fingerprint density at radius 2 is 1.00 bits per heavy atom. The number of aliphatic hydroxyl groups excluding tert-OH is 1. The summed E-state index contributed by atoms with van der Waals surface area (Å²) in [5.74, 6) is 1.11. The molecule has 0 aliphatic carbocycles. The zero-order valence-corrected chi connectivity index (χ0v) is 44.0. The van der Waals surface area contributed by atoms with Gasteiger partial charge in [0.2, 0.25) is 17.7 Å². The van der Waals surface area contributed by atoms with Gasteiger partial charge < -0.3 is 35.7 Å². The maximum absolute atomic E-state index is 12.6. The lowest BCUT2D eigenvalue weighted by Gasteiger charge is -2.19. The molecule has 2 rings (SSSR count). The Labute approximate surface area is 412 Å². The molecule has 390 valence electrons. The monoisotopic (exact) mass is 943 g/mol. The quantitative estimate of drug-likeness (QED) is 0.0476. The van der Waals surface area contributed by atoms with Crippen LogP contribution in [0.4, 0.5) is 0 Å². The Bertz CT molecular complexity index is 1270. The number of carbonyl (C=O) groups is 2. The van der Waals surface area contributed by atoms with Gasteiger partial charge >= 0.3 is 0 Å². The van der Waals surface area contributed by atoms with E-state index in [0.29, 0.717) is 51.8 Å². The zero-order chi connectivity index (χ0) is 48.7. The average molecular weight is 943 g/mol. The molecule has 0 saturated carbocycles. The molecule has 1 aliphatic heterocycles. The van der Waals surface area contributed by atoms with E-state index >= 15 is 0 Å². The van der Waals surface area contributed by atoms with Gasteiger partial charge in [-0.05, 0) is 50.7 Å². The molecule has 1 aliphatic rings. The number of nitrogens with zero attached hydrogens (tertiary/aromatic N) is 1. The predicted octanol–water partition coefficient (Wildman–Crippen LogP) is 13.5. The Hall–Kier alpha value is -2.53. The van der Waals surface area contributed by atoms with Crippen molar-refractivity contribution in [1.29, 1.82) is 0 Å². The highest BCUT2D eigenvalue weighted by atomic mass is 16.5. The first kappa shape index (κ1) is 62.5. The molecule has 1 aromatic carbocycles. The first-order chi connectivity index (χ1) is 32.9. The molecule has 0 spiro atoms. The number of hydrogen-bond donors (Lipinski definition) is 4. The highest BCUT2D eigenvalue weighted by molar-refractivity contribution is 5.95. The van der Waals surface area contributed by atoms with Gasteiger partial charge in [0.05, 0.1) is 25.9 Å². The highest BCUT2D eigenvalue weighted by Gasteiger charge is 2.21. The SMILES string of the molecule is CCCCCCCCCCCC(=O)N[C@@H](CCCCCCC)CCOC[C@@H](N)CO.CCCCCCCCCCCC(=O)N[C@@H](CCCCCCC)CCOC[C@@H]1COC(c2ccccc2)=N1. The van der Waals surface area contributed by atoms with Crippen LogP contribution in [0.1, 0.15) is 252 Å². The van der Waals surface area contributed by atoms with E-state index in [1.165, 1.54) is 154 Å². The van der Waals surface area contributed by atoms with E-state index < -0.39 is 0 Å². The summed E-state index contributed by atoms with van der Waals surface area (Å²) in [7, 11) is 0. The number of rotatable bonds is 46. The third kappa shape index (κ3) is 38.9. The molecule has 67 heavy (non-hydrogen) atoms. The molecule has 10 nitrogen and oxygen atoms in total. The minimum atomic E-state index is -0.321. The fraction of sp³-hybridized carbons (Fsp3) is 0.842. The lowest BCUT2D eigenvalue weighted by atomic mass is 10.0. The second kappa shape index (κ2) is 47.2. The Kier molecular flexibility index (Phi) is 44.0. The number of nitrogens with one attached hydrogen (secondary N) is 2. The molecular weight excluding hydrogens is 837 g/mol. The third-order valence-electron chi connectivity index (χ3n) is 12.9. The fourth-order valence-electron chi connectivity index (χ4n) is 8.56. The normalized spacial score (nSPS) is 14.7. The van der Waals surface area contributed by atoms with E-state index in [9.17, 15) is 9.59 Å². The summed E-state index contributed by atoms with van der Waals surface area (Å²) in [6.07, 6.45) is 40.4. The van der Waals surface area contributed by atoms with Crippen molar-refractivity contribution in [3.05, 3.63) is 35.9 Å². The lowest BCUT2D eigenvalue weighted by molar-refractivity contribution is -0.123. The van der Waals surface area contributed by atoms with Crippen LogP contribution in [-0.4, -0.2) is 86.6 Å². The van der Waals surface area contributed by atoms with E-state index in [-0.39, 0.29) is 42.6 Å². The first-order valence-electron chi connectivity index (χ1n) is 28.2. The Morgan fingerprint density at radius 3 is 1.43 bits per heavy atom. The summed E-state index contributed by atoms with van der Waals surface area (Å²) in [5.41, 5.74) is 6.69. The van der Waals surface area contributed by atoms with Crippen molar-refractivity contribution in [2.45, 2.75) is 270 Å². The maximum Gasteiger partial charge on any atom is 0.220 e. The minimum Gasteiger partial charge on any atom is -0.475 e. The molecule has 4 atom stereocenters. The molecule has 10 heteroatoms. The zero-order valence-electron chi connectivity index (χ0n) is 44.0. The Balaban J connectivity index is 0.000000687. The van der Waals surface area contributed by atoms with Gasteiger partial charge in [-0.3, -0.25) is 9.59 Å². The van der Waals surface area contributed by atoms with Gasteiger partial charge in [0.1, 0.15) is 12.6 Å². The summed E-state index contributed by atoms with van der Waals surface area (Å²) in [6.45, 7) is 11.6. The minimum absolute atomic E-state index is 0.0453. The third-order valence-corrected chi connectivity index (χ3v) is 12.9. The summed E-state index contributed by atoms with van der Waals surface area (Å²) in [4.78, 5) is 29.7. The van der Waals surface area contributed by atoms with Gasteiger partial charge in [0, 0.05) is 43.7 Å². The number of amides is 2. The standard InChI is InChI=1S/C32H54N2O3.C25H52N2O3/c1-3-5-7-9-10-11-12-14-19-23-31(35)33-29(22-18-13-8-6-4-2)24-25-36-26-30-27-37-32(34-30)28-20-16-15-17-21-28;1-3-5-7-9-10-11-12-14-16-18-25(29)27-24(17-15-13-8-6-4-2)19-20-30-22-23(26)21-28/h15-17,20-21,29-30H,3-14,18-19,22-27H2,1-2H3,(H,33,35);23-24,28H,3-22,26H2,1-2H3,(H,27,29)/t29-,30+;23-,24-/m00/s1. The number of aliphatic imine (C=N–C) groups is 1. The number of ether oxygens (including phenoxy) is 3. The molecule has 0 aromatic heterocycles. The van der Waals surface area contributed by atoms with Gasteiger partial charge in [0.15, 0.2) is 0 Å². The van der Waals surface area contributed by atoms with Crippen LogP contribution in [0.2, 0.25) is 0 Å². The number of carbonyl (C=O) groups excluding carboxylic acids is 2. The maximum atomic E-state index is 12.6. The van der Waals surface area contributed by atoms with Crippen molar-refractivity contribution < 1.29 is 28.9 Å². The van der Waals surface area contributed by atoms with E-state index in [2.05, 4.69) is 43.3 Å². The molecule has 0 unspecified atom stereocenters. The summed E-state index contributed by atoms with van der Waals surface area (Å²) in [5, 5.41) is 15.5. The number of unbranched alkanes of at least 4 members (excludes halogenated alkanes) is 24. The number of hydrogen-bond acceptors (Lipinski definition) is 8. The van der Waals surface area contributed by atoms with Crippen molar-refractivity contribution >= 4 is 17.7 Å². The van der Waals surface area contributed by atoms with Crippen LogP contribution in [0.5, 0.6) is 0 Å². The molecule has 0 bridgehead atoms. The van der Waals surface area contributed by atoms with Gasteiger partial charge in [-0.25, -0.2) is 4.99 Å². The second-order valence-electron chi connectivity index (χ2n) is 19.5. The van der Waals surface area contributed by atoms with E-state index in [1.807, 2.05) is 30.3 Å². The average Bonchev–Trinajstić information content (AvgIpc) is 3.82. The van der Waals surface area contributed by atoms with Gasteiger partial charge in [-0.1, -0.05) is 213 Å². The molecule has 0 saturated heterocycles. The van der Waals surface area contributed by atoms with Crippen molar-refractivity contribution in [3.63, 3.8) is 0 Å². The molecule has 1 aromatic rings. The van der Waals surface area contributed by atoms with E-state index in [0.717, 1.165) is 56.9 Å². The topological polar surface area (TPSA) is 144 Å². The van der Waals surface area contributed by atoms with Gasteiger partial charge in [-0.2, -0.15) is 0 Å². The Morgan fingerprint density at radius 1 is 0.597 bits per heavy atom. The summed E-state index contributed by atoms with van der Waals surface area (Å²) < 4.78 is 17.3. The van der Waals surface area contributed by atoms with Crippen LogP contribution in [0.25, 0.3) is 0 Å². The number of nitrogens with two attached hydrogens (primary N) is 1. The summed E-state index contributed by atoms with van der Waals surface area (Å²) >= 11 is 0. The van der Waals surface area contributed by atoms with Crippen molar-refractivity contribution in [2.75, 3.05) is 39.6 Å². The van der Waals surface area contributed by atoms with Gasteiger partial charge in [-0.15, -0.1) is 0 Å². The molecule has 1 heterocycles. The molecule has 5 N–H and O–H groups in total. The molecular formula is C57H106N4O6. The van der Waals surface area contributed by atoms with Crippen molar-refractivity contribution in [1.82, 2.24) is 10.6 Å². The van der Waals surface area contributed by atoms with E-state index in [1.54, 1.807) is 0 Å². The largest absolute Gasteiger partial charge is 0.475 e. The van der Waals surface area contributed by atoms with E-state index in [4.69, 9.17) is 25.1 Å². The van der Waals surface area contributed by atoms with Gasteiger partial charge in [0.25, 0.3) is 0 Å². The second-order valence-corrected chi connectivity index (χ2v) is 19.5. The van der Waals surface area contributed by atoms with Crippen LogP contribution < -0.4 is 16.4 Å². The van der Waals surface area contributed by atoms with Crippen LogP contribution in [-0.2, 0) is 23.8 Å². The lowest BCUT2D eigenvalue weighted by Crippen LogP contribution is -2.36. The predicted molar refractivity (Wildman–Crippen MR) is 283 cm³/mol. The summed E-state index contributed by atoms with van der Waals surface area (Å²) in [6, 6.07) is 10.1. The van der Waals surface area contributed by atoms with Crippen molar-refractivity contribution in [2.24, 2.45) is 10.7 Å². The first-order valence-corrected chi connectivity index (χ1v) is 28.2. The fourth-order valence-corrected chi connectivity index (χ4v) is 8.56. The number of aliphatic hydroxyl groups is 1. The molecule has 0 fully saturated rings. The van der Waals surface area contributed by atoms with Crippen LogP contribution in [0.3, 0.4) is 0 Å². The van der Waals surface area contributed by atoms with Crippen LogP contribution >= 0.6 is 0 Å². The number of benzene rings is 1. The van der Waals surface area contributed by atoms with Crippen LogP contribution in [0.15, 0.2) is 35.3 Å².